The number of nitrogens with zero attached hydrogens (tertiary/aromatic N) is 2. The SMILES string of the molecule is Cn1nc(C(=O)NCCC(N)=S)c2ccccc21. The largest absolute Gasteiger partial charge is 0.393 e. The molecule has 2 rings (SSSR count). The summed E-state index contributed by atoms with van der Waals surface area (Å²) in [5.74, 6) is -0.206. The van der Waals surface area contributed by atoms with Crippen LogP contribution in [0.25, 0.3) is 10.9 Å². The van der Waals surface area contributed by atoms with E-state index in [1.807, 2.05) is 31.3 Å². The maximum absolute atomic E-state index is 12.0. The van der Waals surface area contributed by atoms with Crippen LogP contribution in [0.15, 0.2) is 24.3 Å². The minimum atomic E-state index is -0.206. The normalized spacial score (nSPS) is 10.5. The van der Waals surface area contributed by atoms with E-state index in [0.717, 1.165) is 10.9 Å². The van der Waals surface area contributed by atoms with Gasteiger partial charge in [0.05, 0.1) is 10.5 Å². The number of fused-ring (bicyclic) bond motifs is 1. The molecule has 1 aromatic carbocycles. The Morgan fingerprint density at radius 2 is 2.22 bits per heavy atom. The van der Waals surface area contributed by atoms with Gasteiger partial charge in [0.2, 0.25) is 0 Å². The van der Waals surface area contributed by atoms with E-state index in [4.69, 9.17) is 18.0 Å². The Balaban J connectivity index is 2.20. The smallest absolute Gasteiger partial charge is 0.272 e. The average molecular weight is 262 g/mol. The summed E-state index contributed by atoms with van der Waals surface area (Å²) in [5, 5.41) is 7.82. The third-order valence-electron chi connectivity index (χ3n) is 2.63. The summed E-state index contributed by atoms with van der Waals surface area (Å²) in [7, 11) is 1.81. The molecule has 0 spiro atoms. The van der Waals surface area contributed by atoms with Gasteiger partial charge in [0.15, 0.2) is 5.69 Å². The zero-order valence-corrected chi connectivity index (χ0v) is 10.8. The van der Waals surface area contributed by atoms with Gasteiger partial charge in [0, 0.05) is 25.4 Å². The van der Waals surface area contributed by atoms with Crippen molar-refractivity contribution in [3.8, 4) is 0 Å². The van der Waals surface area contributed by atoms with Gasteiger partial charge in [-0.25, -0.2) is 0 Å². The maximum atomic E-state index is 12.0. The van der Waals surface area contributed by atoms with Crippen molar-refractivity contribution in [2.75, 3.05) is 6.54 Å². The molecule has 0 aliphatic rings. The number of nitrogens with one attached hydrogen (secondary N) is 1. The molecule has 1 amide bonds. The summed E-state index contributed by atoms with van der Waals surface area (Å²) in [6.45, 7) is 0.430. The quantitative estimate of drug-likeness (QED) is 0.806. The molecule has 0 aliphatic carbocycles. The number of carbonyl (C=O) groups is 1. The minimum absolute atomic E-state index is 0.206. The van der Waals surface area contributed by atoms with Crippen molar-refractivity contribution in [2.24, 2.45) is 12.8 Å². The highest BCUT2D eigenvalue weighted by atomic mass is 32.1. The summed E-state index contributed by atoms with van der Waals surface area (Å²) in [5.41, 5.74) is 6.73. The van der Waals surface area contributed by atoms with E-state index in [2.05, 4.69) is 10.4 Å². The Labute approximate surface area is 110 Å². The minimum Gasteiger partial charge on any atom is -0.393 e. The fraction of sp³-hybridized carbons (Fsp3) is 0.250. The first-order chi connectivity index (χ1) is 8.59. The molecule has 0 atom stereocenters. The zero-order valence-electron chi connectivity index (χ0n) is 10.0. The van der Waals surface area contributed by atoms with E-state index in [1.54, 1.807) is 4.68 Å². The van der Waals surface area contributed by atoms with Crippen molar-refractivity contribution >= 4 is 34.0 Å². The molecule has 0 aliphatic heterocycles. The molecule has 18 heavy (non-hydrogen) atoms. The number of para-hydroxylation sites is 1. The van der Waals surface area contributed by atoms with Crippen molar-refractivity contribution in [1.82, 2.24) is 15.1 Å². The molecule has 1 heterocycles. The van der Waals surface area contributed by atoms with Crippen LogP contribution in [0.3, 0.4) is 0 Å². The third-order valence-corrected chi connectivity index (χ3v) is 2.83. The van der Waals surface area contributed by atoms with Crippen LogP contribution >= 0.6 is 12.2 Å². The van der Waals surface area contributed by atoms with Crippen LogP contribution in [0, 0.1) is 0 Å². The highest BCUT2D eigenvalue weighted by Crippen LogP contribution is 2.16. The van der Waals surface area contributed by atoms with Crippen LogP contribution in [0.1, 0.15) is 16.9 Å². The van der Waals surface area contributed by atoms with E-state index in [0.29, 0.717) is 23.6 Å². The number of rotatable bonds is 4. The molecular formula is C12H14N4OS. The monoisotopic (exact) mass is 262 g/mol. The summed E-state index contributed by atoms with van der Waals surface area (Å²) < 4.78 is 1.69. The highest BCUT2D eigenvalue weighted by Gasteiger charge is 2.14. The predicted molar refractivity (Wildman–Crippen MR) is 74.4 cm³/mol. The molecule has 0 unspecified atom stereocenters. The predicted octanol–water partition coefficient (Wildman–Crippen LogP) is 0.979. The van der Waals surface area contributed by atoms with Crippen molar-refractivity contribution in [3.05, 3.63) is 30.0 Å². The topological polar surface area (TPSA) is 72.9 Å². The second kappa shape index (κ2) is 5.14. The van der Waals surface area contributed by atoms with Gasteiger partial charge in [0.1, 0.15) is 0 Å². The van der Waals surface area contributed by atoms with E-state index in [9.17, 15) is 4.79 Å². The van der Waals surface area contributed by atoms with Crippen LogP contribution in [0.5, 0.6) is 0 Å². The Kier molecular flexibility index (Phi) is 3.57. The van der Waals surface area contributed by atoms with E-state index in [-0.39, 0.29) is 5.91 Å². The first-order valence-electron chi connectivity index (χ1n) is 5.58. The van der Waals surface area contributed by atoms with E-state index in [1.165, 1.54) is 0 Å². The lowest BCUT2D eigenvalue weighted by Gasteiger charge is -2.01. The van der Waals surface area contributed by atoms with Gasteiger partial charge >= 0.3 is 0 Å². The lowest BCUT2D eigenvalue weighted by Crippen LogP contribution is -2.27. The molecule has 0 fully saturated rings. The van der Waals surface area contributed by atoms with Crippen molar-refractivity contribution in [3.63, 3.8) is 0 Å². The molecule has 0 bridgehead atoms. The second-order valence-corrected chi connectivity index (χ2v) is 4.49. The standard InChI is InChI=1S/C12H14N4OS/c1-16-9-5-3-2-4-8(9)11(15-16)12(17)14-7-6-10(13)18/h2-5H,6-7H2,1H3,(H2,13,18)(H,14,17). The van der Waals surface area contributed by atoms with Gasteiger partial charge in [0.25, 0.3) is 5.91 Å². The third kappa shape index (κ3) is 2.48. The van der Waals surface area contributed by atoms with Crippen LogP contribution in [0.4, 0.5) is 0 Å². The molecule has 0 saturated heterocycles. The van der Waals surface area contributed by atoms with E-state index >= 15 is 0 Å². The number of hydrogen-bond acceptors (Lipinski definition) is 3. The average Bonchev–Trinajstić information content (AvgIpc) is 2.67. The molecule has 0 radical (unpaired) electrons. The van der Waals surface area contributed by atoms with Crippen LogP contribution in [-0.2, 0) is 7.05 Å². The first-order valence-corrected chi connectivity index (χ1v) is 5.98. The fourth-order valence-electron chi connectivity index (χ4n) is 1.76. The Morgan fingerprint density at radius 3 is 2.94 bits per heavy atom. The maximum Gasteiger partial charge on any atom is 0.272 e. The van der Waals surface area contributed by atoms with Crippen LogP contribution < -0.4 is 11.1 Å². The van der Waals surface area contributed by atoms with Gasteiger partial charge in [-0.05, 0) is 6.07 Å². The Hall–Kier alpha value is -1.95. The number of thiocarbonyl (C=S) groups is 1. The number of carbonyl (C=O) groups excluding carboxylic acids is 1. The van der Waals surface area contributed by atoms with Crippen molar-refractivity contribution in [1.29, 1.82) is 0 Å². The summed E-state index contributed by atoms with van der Waals surface area (Å²) in [6.07, 6.45) is 0.492. The molecule has 0 saturated carbocycles. The Morgan fingerprint density at radius 1 is 1.50 bits per heavy atom. The van der Waals surface area contributed by atoms with Crippen molar-refractivity contribution < 1.29 is 4.79 Å². The van der Waals surface area contributed by atoms with Crippen molar-refractivity contribution in [2.45, 2.75) is 6.42 Å². The van der Waals surface area contributed by atoms with Crippen LogP contribution in [-0.4, -0.2) is 27.2 Å². The first kappa shape index (κ1) is 12.5. The highest BCUT2D eigenvalue weighted by molar-refractivity contribution is 7.80. The van der Waals surface area contributed by atoms with Gasteiger partial charge < -0.3 is 11.1 Å². The molecule has 5 nitrogen and oxygen atoms in total. The molecule has 94 valence electrons. The summed E-state index contributed by atoms with van der Waals surface area (Å²) in [4.78, 5) is 12.4. The van der Waals surface area contributed by atoms with Gasteiger partial charge in [-0.1, -0.05) is 30.4 Å². The molecule has 2 aromatic rings. The summed E-state index contributed by atoms with van der Waals surface area (Å²) in [6, 6.07) is 7.60. The number of aromatic nitrogens is 2. The number of benzene rings is 1. The number of aryl methyl sites for hydroxylation is 1. The lowest BCUT2D eigenvalue weighted by molar-refractivity contribution is 0.0950. The molecular weight excluding hydrogens is 248 g/mol. The molecule has 1 aromatic heterocycles. The number of amides is 1. The zero-order chi connectivity index (χ0) is 13.1. The van der Waals surface area contributed by atoms with Gasteiger partial charge in [-0.3, -0.25) is 9.48 Å². The lowest BCUT2D eigenvalue weighted by atomic mass is 10.2. The fourth-order valence-corrected chi connectivity index (χ4v) is 1.87. The second-order valence-electron chi connectivity index (χ2n) is 3.96. The van der Waals surface area contributed by atoms with Gasteiger partial charge in [-0.15, -0.1) is 0 Å². The van der Waals surface area contributed by atoms with Crippen LogP contribution in [0.2, 0.25) is 0 Å². The molecule has 3 N–H and O–H groups in total. The molecule has 6 heteroatoms. The Bertz CT molecular complexity index is 605. The number of hydrogen-bond donors (Lipinski definition) is 2. The number of nitrogens with two attached hydrogens (primary N) is 1. The van der Waals surface area contributed by atoms with Gasteiger partial charge in [-0.2, -0.15) is 5.10 Å². The summed E-state index contributed by atoms with van der Waals surface area (Å²) >= 11 is 4.75. The van der Waals surface area contributed by atoms with E-state index < -0.39 is 0 Å².